The van der Waals surface area contributed by atoms with Crippen molar-refractivity contribution < 1.29 is 19.5 Å². The molecule has 0 radical (unpaired) electrons. The second-order valence-corrected chi connectivity index (χ2v) is 7.49. The summed E-state index contributed by atoms with van der Waals surface area (Å²) in [6, 6.07) is 7.45. The predicted octanol–water partition coefficient (Wildman–Crippen LogP) is 2.58. The molecule has 1 rings (SSSR count). The van der Waals surface area contributed by atoms with E-state index in [1.807, 2.05) is 58.9 Å². The average molecular weight is 350 g/mol. The van der Waals surface area contributed by atoms with Gasteiger partial charge in [0.2, 0.25) is 5.91 Å². The van der Waals surface area contributed by atoms with Crippen molar-refractivity contribution in [3.8, 4) is 0 Å². The molecule has 0 bridgehead atoms. The van der Waals surface area contributed by atoms with Gasteiger partial charge in [-0.15, -0.1) is 0 Å². The number of carbonyl (C=O) groups excluding carboxylic acids is 2. The van der Waals surface area contributed by atoms with Crippen LogP contribution in [0.15, 0.2) is 24.3 Å². The molecular formula is C19H30N2O4. The Kier molecular flexibility index (Phi) is 8.06. The number of hydroxylamine groups is 1. The van der Waals surface area contributed by atoms with Gasteiger partial charge in [0.1, 0.15) is 11.6 Å². The minimum absolute atomic E-state index is 0.117. The van der Waals surface area contributed by atoms with Crippen LogP contribution in [0.25, 0.3) is 0 Å². The molecule has 25 heavy (non-hydrogen) atoms. The Balaban J connectivity index is 2.59. The summed E-state index contributed by atoms with van der Waals surface area (Å²) in [5.41, 5.74) is 3.18. The lowest BCUT2D eigenvalue weighted by atomic mass is 10.0. The second-order valence-electron chi connectivity index (χ2n) is 7.49. The number of hydrogen-bond donors (Lipinski definition) is 3. The second kappa shape index (κ2) is 9.53. The number of carbonyl (C=O) groups is 2. The first-order valence-corrected chi connectivity index (χ1v) is 8.59. The molecule has 1 aromatic carbocycles. The maximum atomic E-state index is 12.3. The van der Waals surface area contributed by atoms with Crippen LogP contribution in [-0.2, 0) is 27.3 Å². The lowest BCUT2D eigenvalue weighted by Crippen LogP contribution is -2.44. The zero-order chi connectivity index (χ0) is 19.0. The largest absolute Gasteiger partial charge is 0.459 e. The summed E-state index contributed by atoms with van der Waals surface area (Å²) in [5.74, 6) is -0.525. The van der Waals surface area contributed by atoms with Crippen molar-refractivity contribution in [1.29, 1.82) is 0 Å². The molecule has 0 fully saturated rings. The molecule has 1 atom stereocenters. The van der Waals surface area contributed by atoms with Crippen LogP contribution < -0.4 is 10.8 Å². The average Bonchev–Trinajstić information content (AvgIpc) is 2.51. The zero-order valence-corrected chi connectivity index (χ0v) is 15.8. The predicted molar refractivity (Wildman–Crippen MR) is 96.0 cm³/mol. The van der Waals surface area contributed by atoms with Gasteiger partial charge in [-0.1, -0.05) is 38.1 Å². The molecule has 0 aliphatic rings. The molecular weight excluding hydrogens is 320 g/mol. The summed E-state index contributed by atoms with van der Waals surface area (Å²) in [6.07, 6.45) is 0.800. The fourth-order valence-corrected chi connectivity index (χ4v) is 2.32. The van der Waals surface area contributed by atoms with E-state index in [9.17, 15) is 9.59 Å². The van der Waals surface area contributed by atoms with Crippen LogP contribution in [0.1, 0.15) is 52.2 Å². The molecule has 0 saturated heterocycles. The Bertz CT molecular complexity index is 562. The van der Waals surface area contributed by atoms with E-state index in [4.69, 9.17) is 9.94 Å². The van der Waals surface area contributed by atoms with E-state index < -0.39 is 11.5 Å². The summed E-state index contributed by atoms with van der Waals surface area (Å²) in [5, 5.41) is 11.8. The van der Waals surface area contributed by atoms with Gasteiger partial charge in [-0.05, 0) is 44.2 Å². The number of nitrogens with one attached hydrogen (secondary N) is 2. The number of esters is 1. The molecule has 0 aromatic heterocycles. The van der Waals surface area contributed by atoms with E-state index in [2.05, 4.69) is 5.32 Å². The molecule has 0 saturated carbocycles. The summed E-state index contributed by atoms with van der Waals surface area (Å²) in [4.78, 5) is 23.4. The van der Waals surface area contributed by atoms with E-state index in [0.29, 0.717) is 13.0 Å². The van der Waals surface area contributed by atoms with Crippen LogP contribution in [-0.4, -0.2) is 28.7 Å². The number of benzene rings is 1. The van der Waals surface area contributed by atoms with Crippen molar-refractivity contribution >= 4 is 11.9 Å². The van der Waals surface area contributed by atoms with Gasteiger partial charge in [-0.3, -0.25) is 14.8 Å². The molecule has 140 valence electrons. The maximum absolute atomic E-state index is 12.3. The maximum Gasteiger partial charge on any atom is 0.323 e. The normalized spacial score (nSPS) is 12.8. The Morgan fingerprint density at radius 2 is 1.68 bits per heavy atom. The van der Waals surface area contributed by atoms with Gasteiger partial charge in [0.15, 0.2) is 0 Å². The lowest BCUT2D eigenvalue weighted by molar-refractivity contribution is -0.158. The van der Waals surface area contributed by atoms with Gasteiger partial charge in [-0.2, -0.15) is 0 Å². The van der Waals surface area contributed by atoms with Crippen molar-refractivity contribution in [2.24, 2.45) is 5.92 Å². The third kappa shape index (κ3) is 8.14. The Labute approximate surface area is 149 Å². The van der Waals surface area contributed by atoms with Gasteiger partial charge in [0, 0.05) is 13.0 Å². The molecule has 6 heteroatoms. The quantitative estimate of drug-likeness (QED) is 0.381. The van der Waals surface area contributed by atoms with Crippen LogP contribution in [0.3, 0.4) is 0 Å². The van der Waals surface area contributed by atoms with Crippen molar-refractivity contribution in [2.75, 3.05) is 0 Å². The monoisotopic (exact) mass is 350 g/mol. The van der Waals surface area contributed by atoms with Crippen molar-refractivity contribution in [1.82, 2.24) is 10.8 Å². The summed E-state index contributed by atoms with van der Waals surface area (Å²) in [7, 11) is 0. The number of amides is 1. The van der Waals surface area contributed by atoms with E-state index in [0.717, 1.165) is 11.1 Å². The van der Waals surface area contributed by atoms with Crippen LogP contribution in [0, 0.1) is 5.92 Å². The third-order valence-electron chi connectivity index (χ3n) is 3.64. The van der Waals surface area contributed by atoms with Crippen molar-refractivity contribution in [2.45, 2.75) is 65.6 Å². The lowest BCUT2D eigenvalue weighted by Gasteiger charge is -2.26. The van der Waals surface area contributed by atoms with Crippen LogP contribution in [0.2, 0.25) is 0 Å². The molecule has 6 nitrogen and oxygen atoms in total. The molecule has 1 amide bonds. The minimum Gasteiger partial charge on any atom is -0.459 e. The van der Waals surface area contributed by atoms with E-state index in [-0.39, 0.29) is 24.3 Å². The standard InChI is InChI=1S/C19H30N2O4/c1-13(2)17(18(23)25-19(3,4)5)20-12-15-8-6-14(7-9-15)10-11-16(22)21-24/h6-9,13,17,20,24H,10-12H2,1-5H3,(H,21,22)/t17-/m0/s1. The van der Waals surface area contributed by atoms with Gasteiger partial charge >= 0.3 is 5.97 Å². The molecule has 0 aliphatic heterocycles. The number of aryl methyl sites for hydroxylation is 1. The molecule has 0 spiro atoms. The fourth-order valence-electron chi connectivity index (χ4n) is 2.32. The van der Waals surface area contributed by atoms with Crippen LogP contribution in [0.4, 0.5) is 0 Å². The van der Waals surface area contributed by atoms with E-state index >= 15 is 0 Å². The van der Waals surface area contributed by atoms with E-state index in [1.54, 1.807) is 5.48 Å². The number of hydrogen-bond acceptors (Lipinski definition) is 5. The highest BCUT2D eigenvalue weighted by Crippen LogP contribution is 2.13. The highest BCUT2D eigenvalue weighted by Gasteiger charge is 2.27. The molecule has 1 aromatic rings. The third-order valence-corrected chi connectivity index (χ3v) is 3.64. The Morgan fingerprint density at radius 1 is 1.12 bits per heavy atom. The van der Waals surface area contributed by atoms with E-state index in [1.165, 1.54) is 0 Å². The van der Waals surface area contributed by atoms with Gasteiger partial charge < -0.3 is 10.1 Å². The van der Waals surface area contributed by atoms with Crippen LogP contribution in [0.5, 0.6) is 0 Å². The van der Waals surface area contributed by atoms with Gasteiger partial charge in [0.05, 0.1) is 0 Å². The summed E-state index contributed by atoms with van der Waals surface area (Å²) >= 11 is 0. The molecule has 0 heterocycles. The fraction of sp³-hybridized carbons (Fsp3) is 0.579. The Morgan fingerprint density at radius 3 is 2.16 bits per heavy atom. The smallest absolute Gasteiger partial charge is 0.323 e. The topological polar surface area (TPSA) is 87.7 Å². The molecule has 0 aliphatic carbocycles. The summed E-state index contributed by atoms with van der Waals surface area (Å²) in [6.45, 7) is 10.1. The summed E-state index contributed by atoms with van der Waals surface area (Å²) < 4.78 is 5.47. The number of ether oxygens (including phenoxy) is 1. The van der Waals surface area contributed by atoms with Crippen molar-refractivity contribution in [3.05, 3.63) is 35.4 Å². The van der Waals surface area contributed by atoms with Crippen molar-refractivity contribution in [3.63, 3.8) is 0 Å². The van der Waals surface area contributed by atoms with Gasteiger partial charge in [-0.25, -0.2) is 5.48 Å². The first-order chi connectivity index (χ1) is 11.6. The van der Waals surface area contributed by atoms with Crippen LogP contribution >= 0.6 is 0 Å². The minimum atomic E-state index is -0.506. The first-order valence-electron chi connectivity index (χ1n) is 8.59. The number of rotatable bonds is 8. The SMILES string of the molecule is CC(C)[C@H](NCc1ccc(CCC(=O)NO)cc1)C(=O)OC(C)(C)C. The molecule has 0 unspecified atom stereocenters. The highest BCUT2D eigenvalue weighted by molar-refractivity contribution is 5.76. The van der Waals surface area contributed by atoms with Gasteiger partial charge in [0.25, 0.3) is 0 Å². The molecule has 3 N–H and O–H groups in total. The Hall–Kier alpha value is -1.92. The zero-order valence-electron chi connectivity index (χ0n) is 15.8. The highest BCUT2D eigenvalue weighted by atomic mass is 16.6. The first kappa shape index (κ1) is 21.1.